The minimum Gasteiger partial charge on any atom is -0.335 e. The van der Waals surface area contributed by atoms with Crippen LogP contribution in [-0.2, 0) is 17.6 Å². The number of ketones is 1. The maximum absolute atomic E-state index is 14.4. The number of halogens is 1. The molecule has 216 valence electrons. The highest BCUT2D eigenvalue weighted by Gasteiger charge is 2.59. The van der Waals surface area contributed by atoms with Crippen molar-refractivity contribution in [2.24, 2.45) is 5.92 Å². The van der Waals surface area contributed by atoms with Crippen molar-refractivity contribution in [3.8, 4) is 0 Å². The smallest absolute Gasteiger partial charge is 0.254 e. The van der Waals surface area contributed by atoms with E-state index in [1.54, 1.807) is 6.08 Å². The number of piperidine rings is 1. The second kappa shape index (κ2) is 11.3. The average Bonchev–Trinajstić information content (AvgIpc) is 3.57. The van der Waals surface area contributed by atoms with Crippen LogP contribution in [0.3, 0.4) is 0 Å². The molecule has 6 heteroatoms. The lowest BCUT2D eigenvalue weighted by atomic mass is 9.74. The third-order valence-electron chi connectivity index (χ3n) is 10.4. The van der Waals surface area contributed by atoms with Crippen LogP contribution in [0.5, 0.6) is 0 Å². The fourth-order valence-corrected chi connectivity index (χ4v) is 8.84. The van der Waals surface area contributed by atoms with Crippen LogP contribution in [0.4, 0.5) is 5.69 Å². The summed E-state index contributed by atoms with van der Waals surface area (Å²) in [6.07, 6.45) is 10.9. The Bertz CT molecular complexity index is 1400. The second-order valence-electron chi connectivity index (χ2n) is 12.9. The molecule has 5 atom stereocenters. The number of benzene rings is 2. The van der Waals surface area contributed by atoms with Gasteiger partial charge in [-0.15, -0.1) is 0 Å². The number of amides is 1. The van der Waals surface area contributed by atoms with Crippen molar-refractivity contribution in [3.05, 3.63) is 87.4 Å². The van der Waals surface area contributed by atoms with E-state index in [-0.39, 0.29) is 23.8 Å². The Balaban J connectivity index is 1.37. The Morgan fingerprint density at radius 1 is 1.02 bits per heavy atom. The molecule has 5 nitrogen and oxygen atoms in total. The van der Waals surface area contributed by atoms with Crippen LogP contribution in [0, 0.1) is 5.92 Å². The number of quaternary nitrogens is 1. The number of carbonyl (C=O) groups excluding carboxylic acids is 2. The van der Waals surface area contributed by atoms with Gasteiger partial charge in [0.25, 0.3) is 5.91 Å². The van der Waals surface area contributed by atoms with Crippen molar-refractivity contribution in [1.29, 1.82) is 0 Å². The molecule has 41 heavy (non-hydrogen) atoms. The molecule has 1 saturated carbocycles. The molecule has 6 rings (SSSR count). The minimum atomic E-state index is -0.0257. The summed E-state index contributed by atoms with van der Waals surface area (Å²) in [4.78, 5) is 28.9. The Morgan fingerprint density at radius 2 is 1.76 bits per heavy atom. The molecule has 2 aliphatic heterocycles. The van der Waals surface area contributed by atoms with E-state index in [0.717, 1.165) is 67.9 Å². The summed E-state index contributed by atoms with van der Waals surface area (Å²) in [6.45, 7) is 8.91. The van der Waals surface area contributed by atoms with E-state index < -0.39 is 0 Å². The number of rotatable bonds is 5. The van der Waals surface area contributed by atoms with Crippen LogP contribution < -0.4 is 10.0 Å². The highest BCUT2D eigenvalue weighted by Crippen LogP contribution is 2.46. The summed E-state index contributed by atoms with van der Waals surface area (Å²) in [5, 5.41) is 0. The van der Waals surface area contributed by atoms with E-state index >= 15 is 0 Å². The number of hydrogen-bond donors (Lipinski definition) is 1. The number of hydrogen-bond acceptors (Lipinski definition) is 3. The molecule has 2 aliphatic carbocycles. The van der Waals surface area contributed by atoms with Crippen LogP contribution in [0.25, 0.3) is 0 Å². The van der Waals surface area contributed by atoms with Crippen molar-refractivity contribution in [1.82, 2.24) is 14.9 Å². The SMILES string of the molecule is C=CC(=O)/C=C1\CCC2N[N+](C)(c3ccc(C(C)C)cc3)C3CCN(C(=O)c4ccc(Br)c5c4CCC5)C(CC1)C23. The third kappa shape index (κ3) is 5.06. The van der Waals surface area contributed by atoms with Crippen molar-refractivity contribution in [2.75, 3.05) is 13.6 Å². The molecule has 1 amide bonds. The molecule has 3 fully saturated rings. The first kappa shape index (κ1) is 28.6. The first-order chi connectivity index (χ1) is 19.7. The molecule has 0 bridgehead atoms. The summed E-state index contributed by atoms with van der Waals surface area (Å²) in [6, 6.07) is 14.0. The molecule has 4 aliphatic rings. The number of allylic oxidation sites excluding steroid dienone is 3. The van der Waals surface area contributed by atoms with Crippen LogP contribution in [0.1, 0.15) is 85.3 Å². The van der Waals surface area contributed by atoms with Gasteiger partial charge in [-0.3, -0.25) is 9.59 Å². The van der Waals surface area contributed by atoms with Gasteiger partial charge in [0.15, 0.2) is 11.5 Å². The first-order valence-corrected chi connectivity index (χ1v) is 16.2. The molecule has 2 saturated heterocycles. The van der Waals surface area contributed by atoms with E-state index in [4.69, 9.17) is 0 Å². The molecule has 0 spiro atoms. The monoisotopic (exact) mass is 616 g/mol. The van der Waals surface area contributed by atoms with Crippen LogP contribution in [-0.4, -0.2) is 48.3 Å². The van der Waals surface area contributed by atoms with Gasteiger partial charge in [0.2, 0.25) is 0 Å². The Kier molecular flexibility index (Phi) is 7.86. The molecule has 2 aromatic rings. The van der Waals surface area contributed by atoms with Gasteiger partial charge < -0.3 is 4.90 Å². The fourth-order valence-electron chi connectivity index (χ4n) is 8.27. The molecule has 5 unspecified atom stereocenters. The van der Waals surface area contributed by atoms with Gasteiger partial charge in [0.1, 0.15) is 6.04 Å². The van der Waals surface area contributed by atoms with Crippen LogP contribution in [0.15, 0.2) is 65.2 Å². The fraction of sp³-hybridized carbons (Fsp3) is 0.486. The number of carbonyl (C=O) groups is 2. The Hall–Kier alpha value is -2.54. The summed E-state index contributed by atoms with van der Waals surface area (Å²) in [5.41, 5.74) is 11.3. The van der Waals surface area contributed by atoms with Crippen molar-refractivity contribution in [3.63, 3.8) is 0 Å². The summed E-state index contributed by atoms with van der Waals surface area (Å²) < 4.78 is 1.83. The van der Waals surface area contributed by atoms with E-state index in [1.165, 1.54) is 34.0 Å². The van der Waals surface area contributed by atoms with E-state index in [1.807, 2.05) is 6.07 Å². The van der Waals surface area contributed by atoms with E-state index in [2.05, 4.69) is 84.1 Å². The van der Waals surface area contributed by atoms with Gasteiger partial charge in [0.05, 0.1) is 19.0 Å². The number of likely N-dealkylation sites (tertiary alicyclic amines) is 1. The van der Waals surface area contributed by atoms with Gasteiger partial charge in [-0.2, -0.15) is 5.43 Å². The zero-order chi connectivity index (χ0) is 28.9. The molecular formula is C35H43BrN3O2+. The first-order valence-electron chi connectivity index (χ1n) is 15.4. The van der Waals surface area contributed by atoms with Crippen LogP contribution in [0.2, 0.25) is 0 Å². The zero-order valence-electron chi connectivity index (χ0n) is 24.7. The van der Waals surface area contributed by atoms with Crippen molar-refractivity contribution < 1.29 is 9.59 Å². The van der Waals surface area contributed by atoms with Crippen molar-refractivity contribution >= 4 is 33.3 Å². The minimum absolute atomic E-state index is 0.0257. The maximum atomic E-state index is 14.4. The van der Waals surface area contributed by atoms with Crippen molar-refractivity contribution in [2.45, 2.75) is 89.3 Å². The summed E-state index contributed by atoms with van der Waals surface area (Å²) in [5.74, 6) is 1.01. The zero-order valence-corrected chi connectivity index (χ0v) is 26.3. The van der Waals surface area contributed by atoms with Gasteiger partial charge in [0, 0.05) is 41.2 Å². The average molecular weight is 618 g/mol. The summed E-state index contributed by atoms with van der Waals surface area (Å²) >= 11 is 3.73. The van der Waals surface area contributed by atoms with Gasteiger partial charge in [-0.05, 0) is 91.8 Å². The molecule has 2 aromatic carbocycles. The predicted molar refractivity (Wildman–Crippen MR) is 170 cm³/mol. The van der Waals surface area contributed by atoms with Crippen LogP contribution >= 0.6 is 15.9 Å². The molecular weight excluding hydrogens is 574 g/mol. The second-order valence-corrected chi connectivity index (χ2v) is 13.8. The quantitative estimate of drug-likeness (QED) is 0.289. The van der Waals surface area contributed by atoms with E-state index in [9.17, 15) is 9.59 Å². The molecule has 2 heterocycles. The number of fused-ring (bicyclic) bond motifs is 1. The molecule has 0 radical (unpaired) electrons. The highest BCUT2D eigenvalue weighted by atomic mass is 79.9. The lowest BCUT2D eigenvalue weighted by Gasteiger charge is -2.46. The number of nitrogens with zero attached hydrogens (tertiary/aromatic N) is 2. The Morgan fingerprint density at radius 3 is 2.49 bits per heavy atom. The standard InChI is InChI=1S/C35H43BrN3O2/c1-5-26(40)21-23-9-17-31-34-32(18-10-23)38(35(41)29-15-16-30(36)28-8-6-7-27(28)29)20-19-33(34)39(4,37-31)25-13-11-24(12-14-25)22(2)3/h5,11-16,21-22,31-34,37H,1,6-10,17-20H2,2-4H3/q+1/b23-21+. The van der Waals surface area contributed by atoms with Gasteiger partial charge in [-0.25, -0.2) is 4.59 Å². The summed E-state index contributed by atoms with van der Waals surface area (Å²) in [7, 11) is 2.33. The Labute approximate surface area is 253 Å². The number of nitrogens with one attached hydrogen (secondary N) is 1. The normalized spacial score (nSPS) is 30.1. The topological polar surface area (TPSA) is 49.4 Å². The van der Waals surface area contributed by atoms with E-state index in [0.29, 0.717) is 22.5 Å². The van der Waals surface area contributed by atoms with Gasteiger partial charge >= 0.3 is 0 Å². The molecule has 0 aromatic heterocycles. The highest BCUT2D eigenvalue weighted by molar-refractivity contribution is 9.10. The third-order valence-corrected chi connectivity index (χ3v) is 11.2. The lowest BCUT2D eigenvalue weighted by molar-refractivity contribution is -0.110. The predicted octanol–water partition coefficient (Wildman–Crippen LogP) is 7.04. The largest absolute Gasteiger partial charge is 0.335 e. The lowest BCUT2D eigenvalue weighted by Crippen LogP contribution is -2.62. The molecule has 1 N–H and O–H groups in total. The maximum Gasteiger partial charge on any atom is 0.254 e. The van der Waals surface area contributed by atoms with Gasteiger partial charge in [-0.1, -0.05) is 54.1 Å².